The van der Waals surface area contributed by atoms with Crippen molar-refractivity contribution < 1.29 is 13.6 Å². The number of carbonyl (C=O) groups is 1. The van der Waals surface area contributed by atoms with E-state index >= 15 is 0 Å². The average molecular weight is 320 g/mol. The summed E-state index contributed by atoms with van der Waals surface area (Å²) in [5, 5.41) is 6.94. The van der Waals surface area contributed by atoms with Crippen molar-refractivity contribution in [2.75, 3.05) is 5.32 Å². The van der Waals surface area contributed by atoms with E-state index in [0.29, 0.717) is 5.56 Å². The first-order valence-corrected chi connectivity index (χ1v) is 6.82. The van der Waals surface area contributed by atoms with Gasteiger partial charge in [-0.15, -0.1) is 0 Å². The predicted octanol–water partition coefficient (Wildman–Crippen LogP) is 3.57. The zero-order valence-corrected chi connectivity index (χ0v) is 12.0. The molecule has 7 heteroatoms. The molecular weight excluding hydrogens is 309 g/mol. The summed E-state index contributed by atoms with van der Waals surface area (Å²) in [6.45, 7) is 0.211. The molecule has 0 aliphatic carbocycles. The van der Waals surface area contributed by atoms with Crippen LogP contribution in [0.4, 0.5) is 10.2 Å². The third-order valence-corrected chi connectivity index (χ3v) is 3.26. The van der Waals surface area contributed by atoms with Crippen molar-refractivity contribution in [3.05, 3.63) is 71.0 Å². The third-order valence-electron chi connectivity index (χ3n) is 2.98. The van der Waals surface area contributed by atoms with Gasteiger partial charge in [0.05, 0.1) is 12.8 Å². The standard InChI is InChI=1S/C15H11ClFN3O2/c16-11-9-20(8-10-4-1-2-5-12(10)17)19-14(11)18-15(21)13-6-3-7-22-13/h1-7,9H,8H2,(H,18,19,21). The van der Waals surface area contributed by atoms with Crippen molar-refractivity contribution in [3.8, 4) is 0 Å². The lowest BCUT2D eigenvalue weighted by Crippen LogP contribution is -2.12. The molecule has 0 fully saturated rings. The average Bonchev–Trinajstić information content (AvgIpc) is 3.12. The van der Waals surface area contributed by atoms with Gasteiger partial charge >= 0.3 is 0 Å². The topological polar surface area (TPSA) is 60.1 Å². The molecule has 22 heavy (non-hydrogen) atoms. The Morgan fingerprint density at radius 1 is 1.32 bits per heavy atom. The minimum Gasteiger partial charge on any atom is -0.459 e. The van der Waals surface area contributed by atoms with E-state index in [-0.39, 0.29) is 29.0 Å². The van der Waals surface area contributed by atoms with Gasteiger partial charge in [0, 0.05) is 11.8 Å². The van der Waals surface area contributed by atoms with Gasteiger partial charge in [0.15, 0.2) is 11.6 Å². The summed E-state index contributed by atoms with van der Waals surface area (Å²) < 4.78 is 20.1. The van der Waals surface area contributed by atoms with Crippen molar-refractivity contribution in [3.63, 3.8) is 0 Å². The van der Waals surface area contributed by atoms with Crippen LogP contribution in [-0.2, 0) is 6.54 Å². The number of nitrogens with one attached hydrogen (secondary N) is 1. The largest absolute Gasteiger partial charge is 0.459 e. The van der Waals surface area contributed by atoms with E-state index in [1.807, 2.05) is 0 Å². The molecule has 1 N–H and O–H groups in total. The molecule has 1 amide bonds. The molecule has 3 aromatic rings. The molecular formula is C15H11ClFN3O2. The van der Waals surface area contributed by atoms with Crippen molar-refractivity contribution in [2.45, 2.75) is 6.54 Å². The molecule has 0 bridgehead atoms. The van der Waals surface area contributed by atoms with Crippen LogP contribution in [-0.4, -0.2) is 15.7 Å². The minimum atomic E-state index is -0.456. The van der Waals surface area contributed by atoms with Crippen LogP contribution in [0.2, 0.25) is 5.02 Å². The Balaban J connectivity index is 1.76. The van der Waals surface area contributed by atoms with Gasteiger partial charge in [-0.25, -0.2) is 4.39 Å². The number of furan rings is 1. The van der Waals surface area contributed by atoms with Crippen molar-refractivity contribution in [2.24, 2.45) is 0 Å². The summed E-state index contributed by atoms with van der Waals surface area (Å²) in [6.07, 6.45) is 2.92. The van der Waals surface area contributed by atoms with Crippen molar-refractivity contribution >= 4 is 23.3 Å². The minimum absolute atomic E-state index is 0.153. The van der Waals surface area contributed by atoms with Crippen LogP contribution in [0.1, 0.15) is 16.1 Å². The third kappa shape index (κ3) is 3.01. The number of amides is 1. The normalized spacial score (nSPS) is 10.6. The summed E-state index contributed by atoms with van der Waals surface area (Å²) in [7, 11) is 0. The summed E-state index contributed by atoms with van der Waals surface area (Å²) in [5.41, 5.74) is 0.477. The Hall–Kier alpha value is -2.60. The smallest absolute Gasteiger partial charge is 0.292 e. The molecule has 0 radical (unpaired) electrons. The number of aromatic nitrogens is 2. The number of carbonyl (C=O) groups excluding carboxylic acids is 1. The van der Waals surface area contributed by atoms with E-state index in [1.165, 1.54) is 29.3 Å². The highest BCUT2D eigenvalue weighted by Gasteiger charge is 2.14. The van der Waals surface area contributed by atoms with Gasteiger partial charge in [-0.3, -0.25) is 9.48 Å². The van der Waals surface area contributed by atoms with Gasteiger partial charge in [0.25, 0.3) is 5.91 Å². The van der Waals surface area contributed by atoms with Gasteiger partial charge in [0.2, 0.25) is 0 Å². The highest BCUT2D eigenvalue weighted by Crippen LogP contribution is 2.21. The van der Waals surface area contributed by atoms with Crippen molar-refractivity contribution in [1.82, 2.24) is 9.78 Å². The number of hydrogen-bond donors (Lipinski definition) is 1. The lowest BCUT2D eigenvalue weighted by molar-refractivity contribution is 0.0996. The second-order valence-electron chi connectivity index (χ2n) is 4.55. The first kappa shape index (κ1) is 14.3. The van der Waals surface area contributed by atoms with Crippen LogP contribution in [0.3, 0.4) is 0 Å². The summed E-state index contributed by atoms with van der Waals surface area (Å²) >= 11 is 6.03. The Labute approximate surface area is 130 Å². The zero-order valence-electron chi connectivity index (χ0n) is 11.3. The number of anilines is 1. The first-order valence-electron chi connectivity index (χ1n) is 6.44. The van der Waals surface area contributed by atoms with E-state index < -0.39 is 5.91 Å². The Morgan fingerprint density at radius 3 is 2.86 bits per heavy atom. The molecule has 0 saturated carbocycles. The molecule has 0 unspecified atom stereocenters. The molecule has 5 nitrogen and oxygen atoms in total. The van der Waals surface area contributed by atoms with Gasteiger partial charge in [0.1, 0.15) is 10.8 Å². The second kappa shape index (κ2) is 6.03. The SMILES string of the molecule is O=C(Nc1nn(Cc2ccccc2F)cc1Cl)c1ccco1. The van der Waals surface area contributed by atoms with E-state index in [9.17, 15) is 9.18 Å². The second-order valence-corrected chi connectivity index (χ2v) is 4.95. The fourth-order valence-corrected chi connectivity index (χ4v) is 2.14. The quantitative estimate of drug-likeness (QED) is 0.799. The maximum Gasteiger partial charge on any atom is 0.292 e. The highest BCUT2D eigenvalue weighted by molar-refractivity contribution is 6.33. The Kier molecular flexibility index (Phi) is 3.93. The van der Waals surface area contributed by atoms with Gasteiger partial charge in [-0.1, -0.05) is 29.8 Å². The van der Waals surface area contributed by atoms with Crippen LogP contribution < -0.4 is 5.32 Å². The van der Waals surface area contributed by atoms with Gasteiger partial charge in [-0.05, 0) is 18.2 Å². The van der Waals surface area contributed by atoms with Crippen molar-refractivity contribution in [1.29, 1.82) is 0 Å². The van der Waals surface area contributed by atoms with E-state index in [2.05, 4.69) is 10.4 Å². The van der Waals surface area contributed by atoms with E-state index in [4.69, 9.17) is 16.0 Å². The summed E-state index contributed by atoms with van der Waals surface area (Å²) in [6, 6.07) is 9.52. The monoisotopic (exact) mass is 319 g/mol. The van der Waals surface area contributed by atoms with Gasteiger partial charge in [-0.2, -0.15) is 5.10 Å². The van der Waals surface area contributed by atoms with Gasteiger partial charge < -0.3 is 9.73 Å². The summed E-state index contributed by atoms with van der Waals surface area (Å²) in [5.74, 6) is -0.433. The number of halogens is 2. The highest BCUT2D eigenvalue weighted by atomic mass is 35.5. The molecule has 0 atom stereocenters. The van der Waals surface area contributed by atoms with E-state index in [0.717, 1.165) is 0 Å². The Bertz CT molecular complexity index is 799. The lowest BCUT2D eigenvalue weighted by atomic mass is 10.2. The fraction of sp³-hybridized carbons (Fsp3) is 0.0667. The number of rotatable bonds is 4. The maximum absolute atomic E-state index is 13.6. The maximum atomic E-state index is 13.6. The van der Waals surface area contributed by atoms with Crippen LogP contribution in [0.5, 0.6) is 0 Å². The van der Waals surface area contributed by atoms with Crippen LogP contribution in [0.25, 0.3) is 0 Å². The lowest BCUT2D eigenvalue weighted by Gasteiger charge is -2.03. The molecule has 0 aliphatic rings. The molecule has 2 aromatic heterocycles. The predicted molar refractivity (Wildman–Crippen MR) is 79.4 cm³/mol. The Morgan fingerprint density at radius 2 is 2.14 bits per heavy atom. The zero-order chi connectivity index (χ0) is 15.5. The molecule has 0 aliphatic heterocycles. The van der Waals surface area contributed by atoms with Crippen LogP contribution >= 0.6 is 11.6 Å². The molecule has 112 valence electrons. The molecule has 3 rings (SSSR count). The number of hydrogen-bond acceptors (Lipinski definition) is 3. The molecule has 0 saturated heterocycles. The molecule has 2 heterocycles. The molecule has 1 aromatic carbocycles. The van der Waals surface area contributed by atoms with Crippen LogP contribution in [0.15, 0.2) is 53.3 Å². The van der Waals surface area contributed by atoms with Crippen LogP contribution in [0, 0.1) is 5.82 Å². The van der Waals surface area contributed by atoms with E-state index in [1.54, 1.807) is 24.3 Å². The first-order chi connectivity index (χ1) is 10.6. The summed E-state index contributed by atoms with van der Waals surface area (Å²) in [4.78, 5) is 11.9. The molecule has 0 spiro atoms. The fourth-order valence-electron chi connectivity index (χ4n) is 1.94. The number of benzene rings is 1. The number of nitrogens with zero attached hydrogens (tertiary/aromatic N) is 2.